The van der Waals surface area contributed by atoms with Crippen LogP contribution in [0.1, 0.15) is 12.8 Å². The zero-order chi connectivity index (χ0) is 11.8. The third-order valence-corrected chi connectivity index (χ3v) is 2.74. The van der Waals surface area contributed by atoms with Crippen LogP contribution >= 0.6 is 11.6 Å². The van der Waals surface area contributed by atoms with Crippen LogP contribution in [0, 0.1) is 0 Å². The molecule has 16 heavy (non-hydrogen) atoms. The van der Waals surface area contributed by atoms with Gasteiger partial charge in [-0.2, -0.15) is 0 Å². The largest absolute Gasteiger partial charge is 0.488 e. The molecule has 5 nitrogen and oxygen atoms in total. The molecule has 0 atom stereocenters. The molecular formula is C9H11ClN2O3S. The van der Waals surface area contributed by atoms with Gasteiger partial charge in [0.15, 0.2) is 0 Å². The highest BCUT2D eigenvalue weighted by atomic mass is 35.5. The summed E-state index contributed by atoms with van der Waals surface area (Å²) in [5.74, 6) is 0.424. The van der Waals surface area contributed by atoms with Gasteiger partial charge in [0.05, 0.1) is 18.6 Å². The van der Waals surface area contributed by atoms with Crippen LogP contribution in [0.3, 0.4) is 0 Å². The van der Waals surface area contributed by atoms with E-state index in [1.807, 2.05) is 0 Å². The first-order valence-electron chi connectivity index (χ1n) is 4.74. The van der Waals surface area contributed by atoms with E-state index in [9.17, 15) is 8.42 Å². The number of nitrogens with zero attached hydrogens (tertiary/aromatic N) is 1. The number of hydrogen-bond acceptors (Lipinski definition) is 4. The van der Waals surface area contributed by atoms with E-state index in [1.165, 1.54) is 12.3 Å². The monoisotopic (exact) mass is 262 g/mol. The van der Waals surface area contributed by atoms with Crippen molar-refractivity contribution in [2.45, 2.75) is 18.9 Å². The van der Waals surface area contributed by atoms with Crippen molar-refractivity contribution in [1.82, 2.24) is 4.98 Å². The molecule has 0 radical (unpaired) electrons. The van der Waals surface area contributed by atoms with E-state index in [4.69, 9.17) is 16.3 Å². The molecule has 7 heteroatoms. The molecule has 1 heterocycles. The lowest BCUT2D eigenvalue weighted by atomic mass is 10.4. The van der Waals surface area contributed by atoms with Crippen LogP contribution in [-0.2, 0) is 10.0 Å². The smallest absolute Gasteiger partial charge is 0.229 e. The quantitative estimate of drug-likeness (QED) is 0.838. The van der Waals surface area contributed by atoms with Crippen LogP contribution in [-0.4, -0.2) is 25.8 Å². The predicted octanol–water partition coefficient (Wildman–Crippen LogP) is 1.65. The van der Waals surface area contributed by atoms with Crippen molar-refractivity contribution in [2.24, 2.45) is 0 Å². The molecule has 1 aliphatic carbocycles. The van der Waals surface area contributed by atoms with Crippen LogP contribution in [0.25, 0.3) is 0 Å². The van der Waals surface area contributed by atoms with E-state index < -0.39 is 10.0 Å². The Bertz CT molecular complexity index is 499. The van der Waals surface area contributed by atoms with Gasteiger partial charge in [0.2, 0.25) is 10.0 Å². The van der Waals surface area contributed by atoms with Gasteiger partial charge in [-0.1, -0.05) is 11.6 Å². The van der Waals surface area contributed by atoms with Gasteiger partial charge in [0.25, 0.3) is 0 Å². The number of nitrogens with one attached hydrogen (secondary N) is 1. The first-order chi connectivity index (χ1) is 7.44. The molecule has 1 N–H and O–H groups in total. The van der Waals surface area contributed by atoms with Gasteiger partial charge < -0.3 is 4.74 Å². The Labute approximate surface area is 98.8 Å². The standard InChI is InChI=1S/C9H11ClN2O3S/c1-16(13,14)12-7-5-11-9(10)4-8(7)15-6-2-3-6/h4-6,12H,2-3H2,1H3. The molecule has 1 aliphatic rings. The molecular weight excluding hydrogens is 252 g/mol. The van der Waals surface area contributed by atoms with Gasteiger partial charge in [-0.05, 0) is 12.8 Å². The summed E-state index contributed by atoms with van der Waals surface area (Å²) in [6, 6.07) is 1.51. The summed E-state index contributed by atoms with van der Waals surface area (Å²) in [5.41, 5.74) is 0.318. The zero-order valence-electron chi connectivity index (χ0n) is 8.60. The first-order valence-corrected chi connectivity index (χ1v) is 7.01. The predicted molar refractivity (Wildman–Crippen MR) is 61.4 cm³/mol. The summed E-state index contributed by atoms with van der Waals surface area (Å²) in [6.45, 7) is 0. The second-order valence-corrected chi connectivity index (χ2v) is 5.83. The molecule has 0 amide bonds. The number of anilines is 1. The second-order valence-electron chi connectivity index (χ2n) is 3.69. The lowest BCUT2D eigenvalue weighted by Crippen LogP contribution is -2.11. The van der Waals surface area contributed by atoms with Crippen LogP contribution in [0.15, 0.2) is 12.3 Å². The van der Waals surface area contributed by atoms with Crippen molar-refractivity contribution in [3.63, 3.8) is 0 Å². The minimum atomic E-state index is -3.34. The Morgan fingerprint density at radius 2 is 2.25 bits per heavy atom. The molecule has 0 aliphatic heterocycles. The molecule has 1 fully saturated rings. The summed E-state index contributed by atoms with van der Waals surface area (Å²) in [4.78, 5) is 3.81. The van der Waals surface area contributed by atoms with Crippen LogP contribution in [0.4, 0.5) is 5.69 Å². The molecule has 0 bridgehead atoms. The molecule has 0 aromatic carbocycles. The second kappa shape index (κ2) is 4.10. The highest BCUT2D eigenvalue weighted by Crippen LogP contribution is 2.33. The average molecular weight is 263 g/mol. The van der Waals surface area contributed by atoms with E-state index >= 15 is 0 Å². The van der Waals surface area contributed by atoms with Gasteiger partial charge in [-0.25, -0.2) is 13.4 Å². The highest BCUT2D eigenvalue weighted by molar-refractivity contribution is 7.92. The SMILES string of the molecule is CS(=O)(=O)Nc1cnc(Cl)cc1OC1CC1. The Balaban J connectivity index is 2.27. The number of pyridine rings is 1. The molecule has 0 unspecified atom stereocenters. The highest BCUT2D eigenvalue weighted by Gasteiger charge is 2.25. The van der Waals surface area contributed by atoms with Gasteiger partial charge in [0, 0.05) is 6.07 Å². The van der Waals surface area contributed by atoms with Gasteiger partial charge >= 0.3 is 0 Å². The van der Waals surface area contributed by atoms with E-state index in [0.717, 1.165) is 19.1 Å². The van der Waals surface area contributed by atoms with Gasteiger partial charge in [-0.3, -0.25) is 4.72 Å². The Morgan fingerprint density at radius 1 is 1.56 bits per heavy atom. The van der Waals surface area contributed by atoms with Crippen molar-refractivity contribution in [3.05, 3.63) is 17.4 Å². The van der Waals surface area contributed by atoms with Crippen LogP contribution < -0.4 is 9.46 Å². The number of aromatic nitrogens is 1. The molecule has 0 saturated heterocycles. The molecule has 1 saturated carbocycles. The van der Waals surface area contributed by atoms with Crippen LogP contribution in [0.5, 0.6) is 5.75 Å². The topological polar surface area (TPSA) is 68.3 Å². The summed E-state index contributed by atoms with van der Waals surface area (Å²) in [6.07, 6.45) is 4.55. The summed E-state index contributed by atoms with van der Waals surface area (Å²) in [5, 5.41) is 0.273. The number of halogens is 1. The number of sulfonamides is 1. The van der Waals surface area contributed by atoms with Crippen molar-refractivity contribution < 1.29 is 13.2 Å². The Kier molecular flexibility index (Phi) is 2.94. The molecule has 1 aromatic rings. The maximum absolute atomic E-state index is 11.1. The number of rotatable bonds is 4. The van der Waals surface area contributed by atoms with Gasteiger partial charge in [0.1, 0.15) is 16.6 Å². The lowest BCUT2D eigenvalue weighted by molar-refractivity contribution is 0.304. The van der Waals surface area contributed by atoms with E-state index in [1.54, 1.807) is 0 Å². The third-order valence-electron chi connectivity index (χ3n) is 1.95. The van der Waals surface area contributed by atoms with E-state index in [-0.39, 0.29) is 11.3 Å². The molecule has 0 spiro atoms. The normalized spacial score (nSPS) is 15.9. The minimum Gasteiger partial charge on any atom is -0.488 e. The fourth-order valence-corrected chi connectivity index (χ4v) is 1.85. The third kappa shape index (κ3) is 3.24. The number of hydrogen-bond donors (Lipinski definition) is 1. The maximum atomic E-state index is 11.1. The first kappa shape index (κ1) is 11.5. The Hall–Kier alpha value is -1.01. The van der Waals surface area contributed by atoms with Crippen molar-refractivity contribution in [3.8, 4) is 5.75 Å². The van der Waals surface area contributed by atoms with Crippen molar-refractivity contribution in [1.29, 1.82) is 0 Å². The van der Waals surface area contributed by atoms with Crippen molar-refractivity contribution >= 4 is 27.3 Å². The summed E-state index contributed by atoms with van der Waals surface area (Å²) >= 11 is 5.72. The summed E-state index contributed by atoms with van der Waals surface area (Å²) < 4.78 is 30.1. The average Bonchev–Trinajstić information content (AvgIpc) is 2.91. The summed E-state index contributed by atoms with van der Waals surface area (Å²) in [7, 11) is -3.34. The maximum Gasteiger partial charge on any atom is 0.229 e. The fraction of sp³-hybridized carbons (Fsp3) is 0.444. The molecule has 2 rings (SSSR count). The zero-order valence-corrected chi connectivity index (χ0v) is 10.2. The Morgan fingerprint density at radius 3 is 2.81 bits per heavy atom. The number of ether oxygens (including phenoxy) is 1. The molecule has 1 aromatic heterocycles. The van der Waals surface area contributed by atoms with Crippen LogP contribution in [0.2, 0.25) is 5.15 Å². The molecule has 88 valence electrons. The lowest BCUT2D eigenvalue weighted by Gasteiger charge is -2.11. The van der Waals surface area contributed by atoms with E-state index in [2.05, 4.69) is 9.71 Å². The van der Waals surface area contributed by atoms with Gasteiger partial charge in [-0.15, -0.1) is 0 Å². The fourth-order valence-electron chi connectivity index (χ4n) is 1.15. The minimum absolute atomic E-state index is 0.165. The van der Waals surface area contributed by atoms with E-state index in [0.29, 0.717) is 11.4 Å². The van der Waals surface area contributed by atoms with Crippen molar-refractivity contribution in [2.75, 3.05) is 11.0 Å².